The number of ether oxygens (including phenoxy) is 2. The van der Waals surface area contributed by atoms with E-state index in [9.17, 15) is 9.18 Å². The average molecular weight is 353 g/mol. The lowest BCUT2D eigenvalue weighted by molar-refractivity contribution is 0.0985. The van der Waals surface area contributed by atoms with Crippen molar-refractivity contribution in [3.8, 4) is 11.5 Å². The zero-order chi connectivity index (χ0) is 15.4. The lowest BCUT2D eigenvalue weighted by atomic mass is 10.0. The van der Waals surface area contributed by atoms with Crippen LogP contribution in [0.4, 0.5) is 4.39 Å². The molecule has 0 amide bonds. The van der Waals surface area contributed by atoms with E-state index in [1.54, 1.807) is 31.4 Å². The van der Waals surface area contributed by atoms with Crippen molar-refractivity contribution >= 4 is 21.7 Å². The first kappa shape index (κ1) is 15.5. The van der Waals surface area contributed by atoms with Gasteiger partial charge in [-0.3, -0.25) is 4.79 Å². The molecule has 0 saturated heterocycles. The monoisotopic (exact) mass is 352 g/mol. The van der Waals surface area contributed by atoms with Crippen molar-refractivity contribution in [3.05, 3.63) is 57.8 Å². The maximum atomic E-state index is 13.9. The molecular formula is C16H14BrFO3. The molecule has 0 aliphatic carbocycles. The van der Waals surface area contributed by atoms with Crippen LogP contribution in [-0.4, -0.2) is 20.0 Å². The fraction of sp³-hybridized carbons (Fsp3) is 0.188. The Hall–Kier alpha value is -1.88. The summed E-state index contributed by atoms with van der Waals surface area (Å²) >= 11 is 3.38. The maximum Gasteiger partial charge on any atom is 0.173 e. The minimum atomic E-state index is -0.585. The fourth-order valence-corrected chi connectivity index (χ4v) is 2.41. The highest BCUT2D eigenvalue weighted by molar-refractivity contribution is 9.10. The predicted octanol–water partition coefficient (Wildman–Crippen LogP) is 4.03. The Morgan fingerprint density at radius 2 is 1.95 bits per heavy atom. The van der Waals surface area contributed by atoms with Crippen LogP contribution in [0.25, 0.3) is 0 Å². The smallest absolute Gasteiger partial charge is 0.173 e. The van der Waals surface area contributed by atoms with Gasteiger partial charge in [-0.2, -0.15) is 0 Å². The molecule has 0 N–H and O–H groups in total. The molecule has 2 aromatic rings. The molecule has 110 valence electrons. The Bertz CT molecular complexity index is 671. The molecule has 0 aliphatic rings. The van der Waals surface area contributed by atoms with Crippen LogP contribution in [0.2, 0.25) is 0 Å². The van der Waals surface area contributed by atoms with Gasteiger partial charge in [0.2, 0.25) is 0 Å². The summed E-state index contributed by atoms with van der Waals surface area (Å²) in [5.41, 5.74) is 0.694. The summed E-state index contributed by atoms with van der Waals surface area (Å²) in [4.78, 5) is 12.4. The standard InChI is InChI=1S/C16H14BrFO3/c1-20-11-6-7-12(17)10(8-11)9-14(19)16-13(18)4-3-5-15(16)21-2/h3-8H,9H2,1-2H3. The van der Waals surface area contributed by atoms with Crippen LogP contribution in [-0.2, 0) is 6.42 Å². The van der Waals surface area contributed by atoms with Crippen molar-refractivity contribution in [2.24, 2.45) is 0 Å². The third-order valence-electron chi connectivity index (χ3n) is 3.08. The minimum Gasteiger partial charge on any atom is -0.497 e. The molecule has 0 aromatic heterocycles. The van der Waals surface area contributed by atoms with Gasteiger partial charge in [0.15, 0.2) is 5.78 Å². The zero-order valence-corrected chi connectivity index (χ0v) is 13.2. The topological polar surface area (TPSA) is 35.5 Å². The molecule has 0 atom stereocenters. The Morgan fingerprint density at radius 1 is 1.19 bits per heavy atom. The number of ketones is 1. The van der Waals surface area contributed by atoms with E-state index in [0.717, 1.165) is 10.0 Å². The SMILES string of the molecule is COc1ccc(Br)c(CC(=O)c2c(F)cccc2OC)c1. The number of methoxy groups -OCH3 is 2. The van der Waals surface area contributed by atoms with E-state index >= 15 is 0 Å². The summed E-state index contributed by atoms with van der Waals surface area (Å²) in [5.74, 6) is -0.0576. The van der Waals surface area contributed by atoms with Gasteiger partial charge in [-0.1, -0.05) is 22.0 Å². The van der Waals surface area contributed by atoms with Crippen molar-refractivity contribution in [3.63, 3.8) is 0 Å². The summed E-state index contributed by atoms with van der Waals surface area (Å²) in [6.45, 7) is 0. The van der Waals surface area contributed by atoms with Crippen LogP contribution in [0, 0.1) is 5.82 Å². The average Bonchev–Trinajstić information content (AvgIpc) is 2.48. The molecule has 0 fully saturated rings. The van der Waals surface area contributed by atoms with E-state index in [0.29, 0.717) is 5.75 Å². The first-order chi connectivity index (χ1) is 10.1. The lowest BCUT2D eigenvalue weighted by Gasteiger charge is -2.10. The molecule has 0 unspecified atom stereocenters. The van der Waals surface area contributed by atoms with E-state index in [4.69, 9.17) is 9.47 Å². The maximum absolute atomic E-state index is 13.9. The Kier molecular flexibility index (Phi) is 4.96. The van der Waals surface area contributed by atoms with E-state index in [1.165, 1.54) is 19.2 Å². The largest absolute Gasteiger partial charge is 0.497 e. The van der Waals surface area contributed by atoms with Gasteiger partial charge in [0, 0.05) is 10.9 Å². The normalized spacial score (nSPS) is 10.3. The molecule has 21 heavy (non-hydrogen) atoms. The predicted molar refractivity (Wildman–Crippen MR) is 81.7 cm³/mol. The molecular weight excluding hydrogens is 339 g/mol. The van der Waals surface area contributed by atoms with E-state index in [-0.39, 0.29) is 23.5 Å². The Morgan fingerprint density at radius 3 is 2.62 bits per heavy atom. The summed E-state index contributed by atoms with van der Waals surface area (Å²) in [7, 11) is 2.96. The van der Waals surface area contributed by atoms with Gasteiger partial charge in [-0.05, 0) is 35.9 Å². The van der Waals surface area contributed by atoms with E-state index in [1.807, 2.05) is 0 Å². The van der Waals surface area contributed by atoms with Gasteiger partial charge >= 0.3 is 0 Å². The minimum absolute atomic E-state index is 0.0327. The Labute approximate surface area is 130 Å². The molecule has 0 spiro atoms. The van der Waals surface area contributed by atoms with Gasteiger partial charge in [0.25, 0.3) is 0 Å². The second-order valence-corrected chi connectivity index (χ2v) is 5.23. The zero-order valence-electron chi connectivity index (χ0n) is 11.7. The van der Waals surface area contributed by atoms with Gasteiger partial charge in [-0.15, -0.1) is 0 Å². The van der Waals surface area contributed by atoms with Crippen LogP contribution < -0.4 is 9.47 Å². The number of hydrogen-bond acceptors (Lipinski definition) is 3. The molecule has 5 heteroatoms. The quantitative estimate of drug-likeness (QED) is 0.762. The van der Waals surface area contributed by atoms with Crippen molar-refractivity contribution in [2.45, 2.75) is 6.42 Å². The first-order valence-electron chi connectivity index (χ1n) is 6.25. The van der Waals surface area contributed by atoms with E-state index in [2.05, 4.69) is 15.9 Å². The van der Waals surface area contributed by atoms with Gasteiger partial charge in [-0.25, -0.2) is 4.39 Å². The number of halogens is 2. The molecule has 2 aromatic carbocycles. The highest BCUT2D eigenvalue weighted by atomic mass is 79.9. The van der Waals surface area contributed by atoms with Crippen molar-refractivity contribution in [2.75, 3.05) is 14.2 Å². The molecule has 0 saturated carbocycles. The summed E-state index contributed by atoms with van der Waals surface area (Å²) in [5, 5.41) is 0. The van der Waals surface area contributed by atoms with Gasteiger partial charge < -0.3 is 9.47 Å². The highest BCUT2D eigenvalue weighted by Crippen LogP contribution is 2.27. The van der Waals surface area contributed by atoms with E-state index < -0.39 is 5.82 Å². The van der Waals surface area contributed by atoms with Gasteiger partial charge in [0.1, 0.15) is 17.3 Å². The third-order valence-corrected chi connectivity index (χ3v) is 3.85. The molecule has 0 bridgehead atoms. The van der Waals surface area contributed by atoms with Crippen LogP contribution >= 0.6 is 15.9 Å². The van der Waals surface area contributed by atoms with Crippen molar-refractivity contribution < 1.29 is 18.7 Å². The van der Waals surface area contributed by atoms with Crippen LogP contribution in [0.5, 0.6) is 11.5 Å². The third kappa shape index (κ3) is 3.42. The fourth-order valence-electron chi connectivity index (χ4n) is 2.02. The lowest BCUT2D eigenvalue weighted by Crippen LogP contribution is -2.09. The molecule has 3 nitrogen and oxygen atoms in total. The molecule has 0 heterocycles. The number of Topliss-reactive ketones (excluding diaryl/α,β-unsaturated/α-hetero) is 1. The molecule has 0 radical (unpaired) electrons. The van der Waals surface area contributed by atoms with Crippen LogP contribution in [0.1, 0.15) is 15.9 Å². The number of carbonyl (C=O) groups excluding carboxylic acids is 1. The molecule has 2 rings (SSSR count). The van der Waals surface area contributed by atoms with Crippen molar-refractivity contribution in [1.82, 2.24) is 0 Å². The second kappa shape index (κ2) is 6.72. The second-order valence-electron chi connectivity index (χ2n) is 4.37. The number of carbonyl (C=O) groups is 1. The highest BCUT2D eigenvalue weighted by Gasteiger charge is 2.19. The number of hydrogen-bond donors (Lipinski definition) is 0. The Balaban J connectivity index is 2.35. The summed E-state index contributed by atoms with van der Waals surface area (Å²) in [6.07, 6.45) is 0.0507. The van der Waals surface area contributed by atoms with Gasteiger partial charge in [0.05, 0.1) is 19.8 Å². The first-order valence-corrected chi connectivity index (χ1v) is 7.04. The molecule has 0 aliphatic heterocycles. The summed E-state index contributed by atoms with van der Waals surface area (Å²) in [6, 6.07) is 9.64. The number of rotatable bonds is 5. The van der Waals surface area contributed by atoms with Crippen LogP contribution in [0.3, 0.4) is 0 Å². The van der Waals surface area contributed by atoms with Crippen LogP contribution in [0.15, 0.2) is 40.9 Å². The van der Waals surface area contributed by atoms with Crippen molar-refractivity contribution in [1.29, 1.82) is 0 Å². The number of benzene rings is 2. The summed E-state index contributed by atoms with van der Waals surface area (Å²) < 4.78 is 24.9.